The maximum atomic E-state index is 5.58. The molecule has 3 rings (SSSR count). The molecule has 0 aliphatic heterocycles. The highest BCUT2D eigenvalue weighted by Crippen LogP contribution is 2.19. The summed E-state index contributed by atoms with van der Waals surface area (Å²) in [5.74, 6) is 2.22. The van der Waals surface area contributed by atoms with Gasteiger partial charge >= 0.3 is 0 Å². The van der Waals surface area contributed by atoms with E-state index in [-0.39, 0.29) is 24.0 Å². The lowest BCUT2D eigenvalue weighted by atomic mass is 10.1. The SMILES string of the molecule is CCNC(=NCc1ccc(C)c(OC)c1)NCc1coc(-c2ccccc2)n1.I. The Morgan fingerprint density at radius 1 is 1.14 bits per heavy atom. The highest BCUT2D eigenvalue weighted by Gasteiger charge is 2.07. The van der Waals surface area contributed by atoms with Crippen molar-refractivity contribution >= 4 is 29.9 Å². The van der Waals surface area contributed by atoms with Crippen molar-refractivity contribution in [2.45, 2.75) is 26.9 Å². The summed E-state index contributed by atoms with van der Waals surface area (Å²) in [6.07, 6.45) is 1.67. The number of hydrogen-bond donors (Lipinski definition) is 2. The second kappa shape index (κ2) is 11.5. The number of aromatic nitrogens is 1. The van der Waals surface area contributed by atoms with Crippen molar-refractivity contribution in [1.82, 2.24) is 15.6 Å². The summed E-state index contributed by atoms with van der Waals surface area (Å²) in [4.78, 5) is 9.18. The Morgan fingerprint density at radius 3 is 2.66 bits per heavy atom. The van der Waals surface area contributed by atoms with Gasteiger partial charge in [-0.15, -0.1) is 24.0 Å². The number of hydrogen-bond acceptors (Lipinski definition) is 4. The van der Waals surface area contributed by atoms with E-state index in [1.165, 1.54) is 0 Å². The first kappa shape index (κ1) is 22.7. The Labute approximate surface area is 188 Å². The van der Waals surface area contributed by atoms with Crippen LogP contribution in [0.4, 0.5) is 0 Å². The predicted molar refractivity (Wildman–Crippen MR) is 127 cm³/mol. The molecule has 0 aliphatic rings. The van der Waals surface area contributed by atoms with Gasteiger partial charge in [-0.25, -0.2) is 9.98 Å². The molecule has 3 aromatic rings. The van der Waals surface area contributed by atoms with Crippen molar-refractivity contribution in [1.29, 1.82) is 0 Å². The number of nitrogens with zero attached hydrogens (tertiary/aromatic N) is 2. The number of benzene rings is 2. The highest BCUT2D eigenvalue weighted by molar-refractivity contribution is 14.0. The van der Waals surface area contributed by atoms with Crippen molar-refractivity contribution in [3.8, 4) is 17.2 Å². The number of ether oxygens (including phenoxy) is 1. The zero-order valence-electron chi connectivity index (χ0n) is 16.9. The largest absolute Gasteiger partial charge is 0.496 e. The Balaban J connectivity index is 0.00000300. The first-order valence-corrected chi connectivity index (χ1v) is 9.35. The maximum Gasteiger partial charge on any atom is 0.226 e. The third-order valence-corrected chi connectivity index (χ3v) is 4.25. The molecule has 0 saturated carbocycles. The molecule has 0 saturated heterocycles. The molecule has 0 aliphatic carbocycles. The van der Waals surface area contributed by atoms with E-state index in [2.05, 4.69) is 26.7 Å². The van der Waals surface area contributed by atoms with E-state index in [1.807, 2.05) is 56.3 Å². The van der Waals surface area contributed by atoms with E-state index in [0.717, 1.165) is 40.6 Å². The minimum Gasteiger partial charge on any atom is -0.496 e. The molecular weight excluding hydrogens is 479 g/mol. The third-order valence-electron chi connectivity index (χ3n) is 4.25. The normalized spacial score (nSPS) is 10.9. The number of aryl methyl sites for hydroxylation is 1. The van der Waals surface area contributed by atoms with E-state index < -0.39 is 0 Å². The van der Waals surface area contributed by atoms with Crippen molar-refractivity contribution in [2.75, 3.05) is 13.7 Å². The monoisotopic (exact) mass is 506 g/mol. The second-order valence-electron chi connectivity index (χ2n) is 6.36. The molecule has 0 bridgehead atoms. The van der Waals surface area contributed by atoms with Gasteiger partial charge in [0.25, 0.3) is 0 Å². The summed E-state index contributed by atoms with van der Waals surface area (Å²) in [6.45, 7) is 5.92. The number of aliphatic imine (C=N–C) groups is 1. The van der Waals surface area contributed by atoms with Crippen LogP contribution in [0, 0.1) is 6.92 Å². The smallest absolute Gasteiger partial charge is 0.226 e. The molecule has 1 heterocycles. The Morgan fingerprint density at radius 2 is 1.93 bits per heavy atom. The standard InChI is InChI=1S/C22H26N4O2.HI/c1-4-23-22(24-13-17-11-10-16(2)20(12-17)27-3)25-14-19-15-28-21(26-19)18-8-6-5-7-9-18;/h5-12,15H,4,13-14H2,1-3H3,(H2,23,24,25);1H. The lowest BCUT2D eigenvalue weighted by Gasteiger charge is -2.11. The van der Waals surface area contributed by atoms with E-state index in [9.17, 15) is 0 Å². The summed E-state index contributed by atoms with van der Waals surface area (Å²) in [5.41, 5.74) is 3.98. The van der Waals surface area contributed by atoms with E-state index in [4.69, 9.17) is 9.15 Å². The van der Waals surface area contributed by atoms with Crippen LogP contribution in [0.2, 0.25) is 0 Å². The molecular formula is C22H27IN4O2. The quantitative estimate of drug-likeness (QED) is 0.280. The number of oxazole rings is 1. The van der Waals surface area contributed by atoms with Crippen LogP contribution in [0.1, 0.15) is 23.7 Å². The van der Waals surface area contributed by atoms with Gasteiger partial charge in [0.2, 0.25) is 5.89 Å². The molecule has 0 unspecified atom stereocenters. The highest BCUT2D eigenvalue weighted by atomic mass is 127. The van der Waals surface area contributed by atoms with Crippen molar-refractivity contribution < 1.29 is 9.15 Å². The Bertz CT molecular complexity index is 926. The average Bonchev–Trinajstić information content (AvgIpc) is 3.21. The summed E-state index contributed by atoms with van der Waals surface area (Å²) < 4.78 is 11.0. The lowest BCUT2D eigenvalue weighted by molar-refractivity contribution is 0.411. The molecule has 2 N–H and O–H groups in total. The first-order chi connectivity index (χ1) is 13.7. The molecule has 0 amide bonds. The Hall–Kier alpha value is -2.55. The molecule has 6 nitrogen and oxygen atoms in total. The van der Waals surface area contributed by atoms with Gasteiger partial charge in [-0.3, -0.25) is 0 Å². The number of rotatable bonds is 7. The topological polar surface area (TPSA) is 71.7 Å². The number of guanidine groups is 1. The maximum absolute atomic E-state index is 5.58. The van der Waals surface area contributed by atoms with E-state index in [0.29, 0.717) is 19.0 Å². The van der Waals surface area contributed by atoms with Crippen LogP contribution in [0.5, 0.6) is 5.75 Å². The molecule has 1 aromatic heterocycles. The predicted octanol–water partition coefficient (Wildman–Crippen LogP) is 4.53. The van der Waals surface area contributed by atoms with Gasteiger partial charge in [-0.05, 0) is 43.2 Å². The van der Waals surface area contributed by atoms with Crippen molar-refractivity contribution in [2.24, 2.45) is 4.99 Å². The van der Waals surface area contributed by atoms with Crippen LogP contribution in [0.3, 0.4) is 0 Å². The van der Waals surface area contributed by atoms with Crippen LogP contribution < -0.4 is 15.4 Å². The molecule has 0 spiro atoms. The van der Waals surface area contributed by atoms with Gasteiger partial charge in [0.05, 0.1) is 25.9 Å². The van der Waals surface area contributed by atoms with E-state index >= 15 is 0 Å². The van der Waals surface area contributed by atoms with Crippen LogP contribution in [-0.2, 0) is 13.1 Å². The molecule has 0 fully saturated rings. The molecule has 154 valence electrons. The number of halogens is 1. The summed E-state index contributed by atoms with van der Waals surface area (Å²) in [6, 6.07) is 16.0. The second-order valence-corrected chi connectivity index (χ2v) is 6.36. The van der Waals surface area contributed by atoms with Crippen LogP contribution in [0.25, 0.3) is 11.5 Å². The van der Waals surface area contributed by atoms with Gasteiger partial charge in [0.1, 0.15) is 12.0 Å². The van der Waals surface area contributed by atoms with Crippen molar-refractivity contribution in [3.05, 3.63) is 71.6 Å². The average molecular weight is 506 g/mol. The van der Waals surface area contributed by atoms with Crippen LogP contribution in [0.15, 0.2) is 64.2 Å². The molecule has 29 heavy (non-hydrogen) atoms. The van der Waals surface area contributed by atoms with Gasteiger partial charge in [0.15, 0.2) is 5.96 Å². The van der Waals surface area contributed by atoms with Gasteiger partial charge in [-0.1, -0.05) is 30.3 Å². The molecule has 7 heteroatoms. The number of methoxy groups -OCH3 is 1. The fourth-order valence-corrected chi connectivity index (χ4v) is 2.75. The molecule has 0 atom stereocenters. The zero-order valence-corrected chi connectivity index (χ0v) is 19.3. The van der Waals surface area contributed by atoms with E-state index in [1.54, 1.807) is 13.4 Å². The summed E-state index contributed by atoms with van der Waals surface area (Å²) >= 11 is 0. The molecule has 2 aromatic carbocycles. The van der Waals surface area contributed by atoms with Gasteiger partial charge < -0.3 is 19.8 Å². The fraction of sp³-hybridized carbons (Fsp3) is 0.273. The minimum absolute atomic E-state index is 0. The minimum atomic E-state index is 0. The van der Waals surface area contributed by atoms with Gasteiger partial charge in [0, 0.05) is 12.1 Å². The molecule has 0 radical (unpaired) electrons. The number of nitrogens with one attached hydrogen (secondary N) is 2. The van der Waals surface area contributed by atoms with Crippen molar-refractivity contribution in [3.63, 3.8) is 0 Å². The third kappa shape index (κ3) is 6.49. The summed E-state index contributed by atoms with van der Waals surface area (Å²) in [7, 11) is 1.68. The fourth-order valence-electron chi connectivity index (χ4n) is 2.75. The summed E-state index contributed by atoms with van der Waals surface area (Å²) in [5, 5.41) is 6.55. The zero-order chi connectivity index (χ0) is 19.8. The first-order valence-electron chi connectivity index (χ1n) is 9.35. The van der Waals surface area contributed by atoms with Crippen LogP contribution in [-0.4, -0.2) is 24.6 Å². The van der Waals surface area contributed by atoms with Gasteiger partial charge in [-0.2, -0.15) is 0 Å². The Kier molecular flexibility index (Phi) is 8.98. The lowest BCUT2D eigenvalue weighted by Crippen LogP contribution is -2.36. The van der Waals surface area contributed by atoms with Crippen LogP contribution >= 0.6 is 24.0 Å².